The summed E-state index contributed by atoms with van der Waals surface area (Å²) in [5, 5.41) is 10.8. The second kappa shape index (κ2) is 7.70. The SMILES string of the molecule is CNC(=O)c1cccc(N[C@H](C)C(=O)Nc2ccc3ccccc3c2)c1. The molecule has 0 unspecified atom stereocenters. The highest BCUT2D eigenvalue weighted by atomic mass is 16.2. The van der Waals surface area contributed by atoms with Crippen LogP contribution in [0.15, 0.2) is 66.7 Å². The first-order chi connectivity index (χ1) is 12.6. The van der Waals surface area contributed by atoms with Gasteiger partial charge in [0.25, 0.3) is 5.91 Å². The van der Waals surface area contributed by atoms with Crippen molar-refractivity contribution in [2.75, 3.05) is 17.7 Å². The molecular weight excluding hydrogens is 326 g/mol. The Kier molecular flexibility index (Phi) is 5.17. The zero-order valence-electron chi connectivity index (χ0n) is 14.7. The Morgan fingerprint density at radius 2 is 1.62 bits per heavy atom. The fraction of sp³-hybridized carbons (Fsp3) is 0.143. The molecule has 0 aliphatic carbocycles. The minimum Gasteiger partial charge on any atom is -0.374 e. The number of amides is 2. The van der Waals surface area contributed by atoms with Gasteiger partial charge in [-0.15, -0.1) is 0 Å². The Labute approximate surface area is 152 Å². The summed E-state index contributed by atoms with van der Waals surface area (Å²) in [6.07, 6.45) is 0. The van der Waals surface area contributed by atoms with Crippen LogP contribution in [0.2, 0.25) is 0 Å². The molecule has 5 heteroatoms. The molecule has 0 bridgehead atoms. The predicted octanol–water partition coefficient (Wildman–Crippen LogP) is 3.64. The van der Waals surface area contributed by atoms with Crippen molar-refractivity contribution in [3.8, 4) is 0 Å². The van der Waals surface area contributed by atoms with Crippen LogP contribution in [0, 0.1) is 0 Å². The standard InChI is InChI=1S/C21H21N3O2/c1-14(23-18-9-5-8-17(13-18)21(26)22-2)20(25)24-19-11-10-15-6-3-4-7-16(15)12-19/h3-14,23H,1-2H3,(H,22,26)(H,24,25)/t14-/m1/s1. The van der Waals surface area contributed by atoms with E-state index < -0.39 is 6.04 Å². The lowest BCUT2D eigenvalue weighted by Gasteiger charge is -2.16. The molecule has 0 radical (unpaired) electrons. The molecule has 2 amide bonds. The minimum atomic E-state index is -0.457. The third-order valence-electron chi connectivity index (χ3n) is 4.15. The van der Waals surface area contributed by atoms with Crippen molar-refractivity contribution in [1.82, 2.24) is 5.32 Å². The largest absolute Gasteiger partial charge is 0.374 e. The highest BCUT2D eigenvalue weighted by Crippen LogP contribution is 2.19. The van der Waals surface area contributed by atoms with Crippen LogP contribution in [-0.2, 0) is 4.79 Å². The maximum Gasteiger partial charge on any atom is 0.251 e. The van der Waals surface area contributed by atoms with E-state index in [1.54, 1.807) is 32.2 Å². The van der Waals surface area contributed by atoms with Crippen molar-refractivity contribution in [3.05, 3.63) is 72.3 Å². The highest BCUT2D eigenvalue weighted by Gasteiger charge is 2.14. The maximum atomic E-state index is 12.5. The van der Waals surface area contributed by atoms with Gasteiger partial charge in [0.05, 0.1) is 0 Å². The summed E-state index contributed by atoms with van der Waals surface area (Å²) in [4.78, 5) is 24.2. The van der Waals surface area contributed by atoms with Crippen molar-refractivity contribution < 1.29 is 9.59 Å². The van der Waals surface area contributed by atoms with Gasteiger partial charge >= 0.3 is 0 Å². The molecule has 132 valence electrons. The van der Waals surface area contributed by atoms with Crippen LogP contribution in [0.4, 0.5) is 11.4 Å². The lowest BCUT2D eigenvalue weighted by molar-refractivity contribution is -0.116. The van der Waals surface area contributed by atoms with Crippen LogP contribution < -0.4 is 16.0 Å². The molecule has 0 fully saturated rings. The zero-order chi connectivity index (χ0) is 18.5. The Morgan fingerprint density at radius 3 is 2.38 bits per heavy atom. The van der Waals surface area contributed by atoms with E-state index in [-0.39, 0.29) is 11.8 Å². The van der Waals surface area contributed by atoms with Gasteiger partial charge in [-0.2, -0.15) is 0 Å². The number of benzene rings is 3. The van der Waals surface area contributed by atoms with Crippen molar-refractivity contribution in [2.45, 2.75) is 13.0 Å². The van der Waals surface area contributed by atoms with Gasteiger partial charge in [-0.05, 0) is 48.0 Å². The van der Waals surface area contributed by atoms with E-state index in [2.05, 4.69) is 16.0 Å². The number of carbonyl (C=O) groups excluding carboxylic acids is 2. The van der Waals surface area contributed by atoms with Gasteiger partial charge in [0, 0.05) is 24.0 Å². The second-order valence-electron chi connectivity index (χ2n) is 6.08. The fourth-order valence-electron chi connectivity index (χ4n) is 2.73. The lowest BCUT2D eigenvalue weighted by atomic mass is 10.1. The van der Waals surface area contributed by atoms with Crippen molar-refractivity contribution in [2.24, 2.45) is 0 Å². The van der Waals surface area contributed by atoms with E-state index >= 15 is 0 Å². The smallest absolute Gasteiger partial charge is 0.251 e. The summed E-state index contributed by atoms with van der Waals surface area (Å²) in [5.74, 6) is -0.312. The molecule has 1 atom stereocenters. The summed E-state index contributed by atoms with van der Waals surface area (Å²) in [7, 11) is 1.59. The molecule has 0 heterocycles. The number of rotatable bonds is 5. The molecule has 0 saturated heterocycles. The van der Waals surface area contributed by atoms with E-state index in [0.29, 0.717) is 11.3 Å². The number of anilines is 2. The maximum absolute atomic E-state index is 12.5. The molecule has 0 aromatic heterocycles. The minimum absolute atomic E-state index is 0.148. The van der Waals surface area contributed by atoms with Crippen LogP contribution in [-0.4, -0.2) is 24.9 Å². The van der Waals surface area contributed by atoms with Crippen LogP contribution in [0.25, 0.3) is 10.8 Å². The predicted molar refractivity (Wildman–Crippen MR) is 105 cm³/mol. The number of hydrogen-bond acceptors (Lipinski definition) is 3. The van der Waals surface area contributed by atoms with Crippen LogP contribution in [0.3, 0.4) is 0 Å². The van der Waals surface area contributed by atoms with Crippen molar-refractivity contribution >= 4 is 34.0 Å². The van der Waals surface area contributed by atoms with Gasteiger partial charge < -0.3 is 16.0 Å². The molecule has 0 aliphatic rings. The first-order valence-electron chi connectivity index (χ1n) is 8.45. The third kappa shape index (κ3) is 4.00. The van der Waals surface area contributed by atoms with Crippen molar-refractivity contribution in [3.63, 3.8) is 0 Å². The molecule has 0 aliphatic heterocycles. The van der Waals surface area contributed by atoms with E-state index in [1.807, 2.05) is 48.5 Å². The van der Waals surface area contributed by atoms with E-state index in [1.165, 1.54) is 0 Å². The number of fused-ring (bicyclic) bond motifs is 1. The monoisotopic (exact) mass is 347 g/mol. The Bertz CT molecular complexity index is 953. The van der Waals surface area contributed by atoms with Crippen LogP contribution in [0.1, 0.15) is 17.3 Å². The van der Waals surface area contributed by atoms with Gasteiger partial charge in [-0.1, -0.05) is 36.4 Å². The number of carbonyl (C=O) groups is 2. The van der Waals surface area contributed by atoms with Crippen molar-refractivity contribution in [1.29, 1.82) is 0 Å². The average Bonchev–Trinajstić information content (AvgIpc) is 2.67. The Balaban J connectivity index is 1.68. The van der Waals surface area contributed by atoms with Gasteiger partial charge in [0.1, 0.15) is 6.04 Å². The first kappa shape index (κ1) is 17.5. The molecule has 26 heavy (non-hydrogen) atoms. The zero-order valence-corrected chi connectivity index (χ0v) is 14.7. The second-order valence-corrected chi connectivity index (χ2v) is 6.08. The quantitative estimate of drug-likeness (QED) is 0.660. The van der Waals surface area contributed by atoms with Crippen LogP contribution >= 0.6 is 0 Å². The molecule has 3 aromatic carbocycles. The molecule has 3 rings (SSSR count). The number of nitrogens with one attached hydrogen (secondary N) is 3. The Morgan fingerprint density at radius 1 is 0.846 bits per heavy atom. The molecular formula is C21H21N3O2. The average molecular weight is 347 g/mol. The summed E-state index contributed by atoms with van der Waals surface area (Å²) >= 11 is 0. The molecule has 3 aromatic rings. The summed E-state index contributed by atoms with van der Waals surface area (Å²) in [6.45, 7) is 1.78. The topological polar surface area (TPSA) is 70.2 Å². The van der Waals surface area contributed by atoms with Gasteiger partial charge in [0.2, 0.25) is 5.91 Å². The fourth-order valence-corrected chi connectivity index (χ4v) is 2.73. The van der Waals surface area contributed by atoms with E-state index in [9.17, 15) is 9.59 Å². The summed E-state index contributed by atoms with van der Waals surface area (Å²) in [6, 6.07) is 20.4. The summed E-state index contributed by atoms with van der Waals surface area (Å²) < 4.78 is 0. The number of hydrogen-bond donors (Lipinski definition) is 3. The van der Waals surface area contributed by atoms with Gasteiger partial charge in [-0.3, -0.25) is 9.59 Å². The first-order valence-corrected chi connectivity index (χ1v) is 8.45. The normalized spacial score (nSPS) is 11.6. The molecule has 0 saturated carbocycles. The molecule has 0 spiro atoms. The molecule has 5 nitrogen and oxygen atoms in total. The van der Waals surface area contributed by atoms with Gasteiger partial charge in [-0.25, -0.2) is 0 Å². The van der Waals surface area contributed by atoms with Crippen LogP contribution in [0.5, 0.6) is 0 Å². The van der Waals surface area contributed by atoms with Gasteiger partial charge in [0.15, 0.2) is 0 Å². The highest BCUT2D eigenvalue weighted by molar-refractivity contribution is 5.99. The molecule has 3 N–H and O–H groups in total. The lowest BCUT2D eigenvalue weighted by Crippen LogP contribution is -2.32. The van der Waals surface area contributed by atoms with E-state index in [4.69, 9.17) is 0 Å². The Hall–Kier alpha value is -3.34. The van der Waals surface area contributed by atoms with E-state index in [0.717, 1.165) is 16.5 Å². The third-order valence-corrected chi connectivity index (χ3v) is 4.15. The summed E-state index contributed by atoms with van der Waals surface area (Å²) in [5.41, 5.74) is 2.01.